The first-order valence-electron chi connectivity index (χ1n) is 6.87. The van der Waals surface area contributed by atoms with Crippen molar-refractivity contribution >= 4 is 85.8 Å². The maximum Gasteiger partial charge on any atom is 0.266 e. The lowest BCUT2D eigenvalue weighted by Gasteiger charge is -2.14. The Balaban J connectivity index is 1.67. The molecule has 0 unspecified atom stereocenters. The van der Waals surface area contributed by atoms with Crippen molar-refractivity contribution in [2.75, 3.05) is 11.9 Å². The third-order valence-electron chi connectivity index (χ3n) is 3.10. The third kappa shape index (κ3) is 4.24. The van der Waals surface area contributed by atoms with Crippen molar-refractivity contribution in [3.05, 3.63) is 55.1 Å². The zero-order valence-electron chi connectivity index (χ0n) is 12.2. The number of benzene rings is 1. The fraction of sp³-hybridized carbons (Fsp3) is 0.0625. The van der Waals surface area contributed by atoms with Gasteiger partial charge in [0.1, 0.15) is 10.9 Å². The molecular formula is C16H11IN2O2S3. The number of thiophene rings is 1. The molecule has 2 amide bonds. The highest BCUT2D eigenvalue weighted by Crippen LogP contribution is 2.33. The molecule has 24 heavy (non-hydrogen) atoms. The number of thioether (sulfide) groups is 1. The number of nitrogens with one attached hydrogen (secondary N) is 1. The minimum Gasteiger partial charge on any atom is -0.325 e. The van der Waals surface area contributed by atoms with Crippen molar-refractivity contribution in [1.82, 2.24) is 4.90 Å². The first-order chi connectivity index (χ1) is 11.5. The second kappa shape index (κ2) is 7.77. The van der Waals surface area contributed by atoms with Crippen LogP contribution in [0.2, 0.25) is 0 Å². The van der Waals surface area contributed by atoms with Gasteiger partial charge in [0, 0.05) is 14.1 Å². The Morgan fingerprint density at radius 2 is 2.17 bits per heavy atom. The molecule has 1 saturated heterocycles. The number of halogens is 1. The van der Waals surface area contributed by atoms with E-state index in [0.717, 1.165) is 8.45 Å². The van der Waals surface area contributed by atoms with E-state index >= 15 is 0 Å². The first-order valence-corrected chi connectivity index (χ1v) is 10.1. The number of hydrogen-bond acceptors (Lipinski definition) is 5. The standard InChI is InChI=1S/C16H11IN2O2S3/c17-10-3-1-4-11(7-10)18-14(20)9-19-15(21)13(24-16(19)22)8-12-5-2-6-23-12/h1-8H,9H2,(H,18,20). The summed E-state index contributed by atoms with van der Waals surface area (Å²) in [6.07, 6.45) is 1.81. The van der Waals surface area contributed by atoms with E-state index < -0.39 is 0 Å². The van der Waals surface area contributed by atoms with Crippen LogP contribution in [-0.4, -0.2) is 27.6 Å². The van der Waals surface area contributed by atoms with E-state index in [-0.39, 0.29) is 18.4 Å². The summed E-state index contributed by atoms with van der Waals surface area (Å²) in [4.78, 5) is 27.5. The van der Waals surface area contributed by atoms with Crippen molar-refractivity contribution in [2.24, 2.45) is 0 Å². The molecular weight excluding hydrogens is 475 g/mol. The van der Waals surface area contributed by atoms with Crippen LogP contribution in [0.15, 0.2) is 46.7 Å². The van der Waals surface area contributed by atoms with Crippen LogP contribution in [0.5, 0.6) is 0 Å². The highest BCUT2D eigenvalue weighted by atomic mass is 127. The lowest BCUT2D eigenvalue weighted by molar-refractivity contribution is -0.126. The van der Waals surface area contributed by atoms with E-state index in [0.29, 0.717) is 14.9 Å². The summed E-state index contributed by atoms with van der Waals surface area (Å²) in [5, 5.41) is 4.73. The third-order valence-corrected chi connectivity index (χ3v) is 5.97. The topological polar surface area (TPSA) is 49.4 Å². The Bertz CT molecular complexity index is 834. The lowest BCUT2D eigenvalue weighted by atomic mass is 10.3. The summed E-state index contributed by atoms with van der Waals surface area (Å²) in [5.74, 6) is -0.498. The molecule has 2 aromatic rings. The Morgan fingerprint density at radius 1 is 1.33 bits per heavy atom. The van der Waals surface area contributed by atoms with Crippen molar-refractivity contribution in [2.45, 2.75) is 0 Å². The predicted molar refractivity (Wildman–Crippen MR) is 112 cm³/mol. The molecule has 1 aromatic heterocycles. The van der Waals surface area contributed by atoms with E-state index in [1.807, 2.05) is 35.7 Å². The molecule has 1 aliphatic rings. The normalized spacial score (nSPS) is 16.0. The zero-order chi connectivity index (χ0) is 17.1. The van der Waals surface area contributed by atoms with Crippen LogP contribution in [0.3, 0.4) is 0 Å². The van der Waals surface area contributed by atoms with Crippen molar-refractivity contribution < 1.29 is 9.59 Å². The fourth-order valence-electron chi connectivity index (χ4n) is 2.05. The maximum absolute atomic E-state index is 12.5. The second-order valence-corrected chi connectivity index (χ2v) is 8.74. The van der Waals surface area contributed by atoms with Crippen LogP contribution in [0.25, 0.3) is 6.08 Å². The lowest BCUT2D eigenvalue weighted by Crippen LogP contribution is -2.36. The van der Waals surface area contributed by atoms with Gasteiger partial charge in [0.2, 0.25) is 5.91 Å². The van der Waals surface area contributed by atoms with Crippen LogP contribution in [0.4, 0.5) is 5.69 Å². The minimum atomic E-state index is -0.273. The van der Waals surface area contributed by atoms with E-state index in [1.165, 1.54) is 16.7 Å². The molecule has 0 saturated carbocycles. The molecule has 4 nitrogen and oxygen atoms in total. The molecule has 0 radical (unpaired) electrons. The van der Waals surface area contributed by atoms with E-state index in [4.69, 9.17) is 12.2 Å². The van der Waals surface area contributed by atoms with Gasteiger partial charge in [-0.05, 0) is 58.3 Å². The van der Waals surface area contributed by atoms with E-state index in [2.05, 4.69) is 27.9 Å². The molecule has 1 aliphatic heterocycles. The van der Waals surface area contributed by atoms with Gasteiger partial charge in [0.15, 0.2) is 0 Å². The Kier molecular flexibility index (Phi) is 5.69. The number of hydrogen-bond donors (Lipinski definition) is 1. The summed E-state index contributed by atoms with van der Waals surface area (Å²) in [6.45, 7) is -0.0854. The van der Waals surface area contributed by atoms with Crippen LogP contribution in [-0.2, 0) is 9.59 Å². The summed E-state index contributed by atoms with van der Waals surface area (Å²) in [7, 11) is 0. The number of amides is 2. The number of thiocarbonyl (C=S) groups is 1. The van der Waals surface area contributed by atoms with Gasteiger partial charge in [-0.1, -0.05) is 36.1 Å². The smallest absolute Gasteiger partial charge is 0.266 e. The van der Waals surface area contributed by atoms with E-state index in [9.17, 15) is 9.59 Å². The molecule has 8 heteroatoms. The average molecular weight is 486 g/mol. The second-order valence-electron chi connectivity index (χ2n) is 4.84. The van der Waals surface area contributed by atoms with E-state index in [1.54, 1.807) is 23.5 Å². The summed E-state index contributed by atoms with van der Waals surface area (Å²) in [6, 6.07) is 11.3. The highest BCUT2D eigenvalue weighted by molar-refractivity contribution is 14.1. The van der Waals surface area contributed by atoms with Crippen LogP contribution >= 0.6 is 57.9 Å². The van der Waals surface area contributed by atoms with Gasteiger partial charge in [-0.25, -0.2) is 0 Å². The molecule has 2 heterocycles. The number of carbonyl (C=O) groups is 2. The quantitative estimate of drug-likeness (QED) is 0.400. The molecule has 0 aliphatic carbocycles. The van der Waals surface area contributed by atoms with Gasteiger partial charge in [-0.2, -0.15) is 0 Å². The predicted octanol–water partition coefficient (Wildman–Crippen LogP) is 4.19. The molecule has 0 bridgehead atoms. The number of carbonyl (C=O) groups excluding carboxylic acids is 2. The molecule has 1 aromatic carbocycles. The average Bonchev–Trinajstić information content (AvgIpc) is 3.12. The Hall–Kier alpha value is -1.23. The van der Waals surface area contributed by atoms with Crippen LogP contribution in [0, 0.1) is 3.57 Å². The Morgan fingerprint density at radius 3 is 2.88 bits per heavy atom. The maximum atomic E-state index is 12.5. The Labute approximate surface area is 166 Å². The number of anilines is 1. The molecule has 122 valence electrons. The summed E-state index contributed by atoms with van der Waals surface area (Å²) in [5.41, 5.74) is 0.700. The molecule has 1 N–H and O–H groups in total. The van der Waals surface area contributed by atoms with Crippen molar-refractivity contribution in [3.8, 4) is 0 Å². The molecule has 1 fully saturated rings. The summed E-state index contributed by atoms with van der Waals surface area (Å²) >= 11 is 10.2. The van der Waals surface area contributed by atoms with Gasteiger partial charge in [0.25, 0.3) is 5.91 Å². The molecule has 3 rings (SSSR count). The largest absolute Gasteiger partial charge is 0.325 e. The van der Waals surface area contributed by atoms with Gasteiger partial charge in [-0.3, -0.25) is 14.5 Å². The van der Waals surface area contributed by atoms with Gasteiger partial charge < -0.3 is 5.32 Å². The van der Waals surface area contributed by atoms with Gasteiger partial charge in [-0.15, -0.1) is 11.3 Å². The minimum absolute atomic E-state index is 0.0854. The number of rotatable bonds is 4. The fourth-order valence-corrected chi connectivity index (χ4v) is 4.57. The highest BCUT2D eigenvalue weighted by Gasteiger charge is 2.33. The van der Waals surface area contributed by atoms with Crippen LogP contribution < -0.4 is 5.32 Å². The molecule has 0 atom stereocenters. The zero-order valence-corrected chi connectivity index (χ0v) is 16.8. The van der Waals surface area contributed by atoms with Crippen LogP contribution in [0.1, 0.15) is 4.88 Å². The molecule has 0 spiro atoms. The van der Waals surface area contributed by atoms with Gasteiger partial charge >= 0.3 is 0 Å². The summed E-state index contributed by atoms with van der Waals surface area (Å²) < 4.78 is 1.43. The first kappa shape index (κ1) is 17.6. The number of nitrogens with zero attached hydrogens (tertiary/aromatic N) is 1. The van der Waals surface area contributed by atoms with Gasteiger partial charge in [0.05, 0.1) is 4.91 Å². The SMILES string of the molecule is O=C(CN1C(=O)C(=Cc2cccs2)SC1=S)Nc1cccc(I)c1. The van der Waals surface area contributed by atoms with Crippen molar-refractivity contribution in [1.29, 1.82) is 0 Å². The van der Waals surface area contributed by atoms with Crippen molar-refractivity contribution in [3.63, 3.8) is 0 Å². The monoisotopic (exact) mass is 486 g/mol.